The van der Waals surface area contributed by atoms with Crippen LogP contribution in [0, 0.1) is 15.2 Å². The van der Waals surface area contributed by atoms with Gasteiger partial charge in [-0.2, -0.15) is 0 Å². The van der Waals surface area contributed by atoms with Gasteiger partial charge in [-0.25, -0.2) is 8.78 Å². The second-order valence-electron chi connectivity index (χ2n) is 4.38. The van der Waals surface area contributed by atoms with E-state index in [0.717, 1.165) is 15.7 Å². The molecular weight excluding hydrogens is 375 g/mol. The van der Waals surface area contributed by atoms with Gasteiger partial charge in [-0.1, -0.05) is 12.1 Å². The van der Waals surface area contributed by atoms with Crippen molar-refractivity contribution in [1.29, 1.82) is 0 Å². The van der Waals surface area contributed by atoms with Gasteiger partial charge in [0, 0.05) is 9.13 Å². The molecule has 2 aromatic carbocycles. The van der Waals surface area contributed by atoms with Crippen LogP contribution in [0.5, 0.6) is 0 Å². The van der Waals surface area contributed by atoms with Crippen LogP contribution >= 0.6 is 22.6 Å². The predicted octanol–water partition coefficient (Wildman–Crippen LogP) is 4.06. The summed E-state index contributed by atoms with van der Waals surface area (Å²) in [6, 6.07) is 10.3. The van der Waals surface area contributed by atoms with Gasteiger partial charge < -0.3 is 5.32 Å². The van der Waals surface area contributed by atoms with Crippen molar-refractivity contribution in [3.8, 4) is 0 Å². The van der Waals surface area contributed by atoms with E-state index in [4.69, 9.17) is 0 Å². The van der Waals surface area contributed by atoms with Gasteiger partial charge in [-0.05, 0) is 65.4 Å². The van der Waals surface area contributed by atoms with Crippen LogP contribution in [0.3, 0.4) is 0 Å². The predicted molar refractivity (Wildman–Crippen MR) is 81.4 cm³/mol. The normalized spacial score (nSPS) is 12.0. The number of benzene rings is 2. The van der Waals surface area contributed by atoms with Crippen molar-refractivity contribution in [2.75, 3.05) is 0 Å². The van der Waals surface area contributed by atoms with Gasteiger partial charge in [0.1, 0.15) is 0 Å². The van der Waals surface area contributed by atoms with Crippen LogP contribution in [0.4, 0.5) is 8.78 Å². The smallest absolute Gasteiger partial charge is 0.251 e. The van der Waals surface area contributed by atoms with Crippen molar-refractivity contribution in [2.24, 2.45) is 0 Å². The van der Waals surface area contributed by atoms with Crippen molar-refractivity contribution < 1.29 is 13.6 Å². The Morgan fingerprint density at radius 2 is 1.90 bits per heavy atom. The van der Waals surface area contributed by atoms with E-state index in [9.17, 15) is 13.6 Å². The summed E-state index contributed by atoms with van der Waals surface area (Å²) in [7, 11) is 0. The van der Waals surface area contributed by atoms with E-state index in [0.29, 0.717) is 11.1 Å². The molecule has 1 atom stereocenters. The second kappa shape index (κ2) is 6.30. The Bertz CT molecular complexity index is 646. The van der Waals surface area contributed by atoms with Gasteiger partial charge >= 0.3 is 0 Å². The highest BCUT2D eigenvalue weighted by atomic mass is 127. The Balaban J connectivity index is 2.13. The lowest BCUT2D eigenvalue weighted by Crippen LogP contribution is -2.26. The fraction of sp³-hybridized carbons (Fsp3) is 0.133. The molecule has 1 amide bonds. The zero-order chi connectivity index (χ0) is 14.7. The third-order valence-electron chi connectivity index (χ3n) is 2.88. The number of nitrogens with one attached hydrogen (secondary N) is 1. The lowest BCUT2D eigenvalue weighted by molar-refractivity contribution is 0.0939. The molecule has 0 bridgehead atoms. The van der Waals surface area contributed by atoms with Crippen LogP contribution in [0.25, 0.3) is 0 Å². The zero-order valence-corrected chi connectivity index (χ0v) is 12.8. The van der Waals surface area contributed by atoms with E-state index < -0.39 is 17.7 Å². The Labute approximate surface area is 129 Å². The van der Waals surface area contributed by atoms with Gasteiger partial charge in [0.25, 0.3) is 5.91 Å². The minimum absolute atomic E-state index is 0.249. The molecule has 0 spiro atoms. The van der Waals surface area contributed by atoms with E-state index in [2.05, 4.69) is 27.9 Å². The third kappa shape index (κ3) is 3.53. The fourth-order valence-corrected chi connectivity index (χ4v) is 2.32. The largest absolute Gasteiger partial charge is 0.346 e. The number of amides is 1. The average Bonchev–Trinajstić information content (AvgIpc) is 2.41. The first-order chi connectivity index (χ1) is 9.47. The average molecular weight is 387 g/mol. The number of carbonyl (C=O) groups is 1. The lowest BCUT2D eigenvalue weighted by atomic mass is 10.1. The Morgan fingerprint density at radius 1 is 1.15 bits per heavy atom. The monoisotopic (exact) mass is 387 g/mol. The molecule has 2 rings (SSSR count). The first-order valence-electron chi connectivity index (χ1n) is 5.99. The number of rotatable bonds is 3. The summed E-state index contributed by atoms with van der Waals surface area (Å²) in [5.41, 5.74) is 1.05. The number of halogens is 3. The molecule has 0 aliphatic carbocycles. The minimum Gasteiger partial charge on any atom is -0.346 e. The molecular formula is C15H12F2INO. The summed E-state index contributed by atoms with van der Waals surface area (Å²) in [5.74, 6) is -2.07. The molecule has 0 fully saturated rings. The van der Waals surface area contributed by atoms with Crippen LogP contribution < -0.4 is 5.32 Å². The molecule has 0 aliphatic heterocycles. The van der Waals surface area contributed by atoms with E-state index >= 15 is 0 Å². The van der Waals surface area contributed by atoms with E-state index in [1.165, 1.54) is 6.07 Å². The van der Waals surface area contributed by atoms with Crippen molar-refractivity contribution in [2.45, 2.75) is 13.0 Å². The Kier molecular flexibility index (Phi) is 4.69. The number of hydrogen-bond donors (Lipinski definition) is 1. The molecule has 2 aromatic rings. The minimum atomic E-state index is -0.919. The third-order valence-corrected chi connectivity index (χ3v) is 3.55. The summed E-state index contributed by atoms with van der Waals surface area (Å²) in [4.78, 5) is 12.1. The fourth-order valence-electron chi connectivity index (χ4n) is 1.77. The highest BCUT2D eigenvalue weighted by molar-refractivity contribution is 14.1. The van der Waals surface area contributed by atoms with Gasteiger partial charge in [0.15, 0.2) is 11.6 Å². The van der Waals surface area contributed by atoms with Crippen molar-refractivity contribution in [3.63, 3.8) is 0 Å². The molecule has 1 unspecified atom stereocenters. The van der Waals surface area contributed by atoms with E-state index in [1.54, 1.807) is 25.1 Å². The number of carbonyl (C=O) groups excluding carboxylic acids is 1. The first-order valence-corrected chi connectivity index (χ1v) is 7.06. The molecule has 0 aliphatic rings. The lowest BCUT2D eigenvalue weighted by Gasteiger charge is -2.14. The van der Waals surface area contributed by atoms with Crippen LogP contribution in [0.1, 0.15) is 28.9 Å². The Morgan fingerprint density at radius 3 is 2.55 bits per heavy atom. The quantitative estimate of drug-likeness (QED) is 0.791. The van der Waals surface area contributed by atoms with Crippen molar-refractivity contribution in [3.05, 3.63) is 68.8 Å². The maximum absolute atomic E-state index is 13.2. The molecule has 0 aromatic heterocycles. The molecule has 0 saturated carbocycles. The molecule has 104 valence electrons. The summed E-state index contributed by atoms with van der Waals surface area (Å²) < 4.78 is 27.0. The second-order valence-corrected chi connectivity index (χ2v) is 5.62. The van der Waals surface area contributed by atoms with Crippen LogP contribution in [-0.4, -0.2) is 5.91 Å². The van der Waals surface area contributed by atoms with Crippen LogP contribution in [0.15, 0.2) is 42.5 Å². The van der Waals surface area contributed by atoms with Gasteiger partial charge in [0.2, 0.25) is 0 Å². The molecule has 5 heteroatoms. The SMILES string of the molecule is CC(NC(=O)c1cccc(I)c1)c1ccc(F)c(F)c1. The highest BCUT2D eigenvalue weighted by Gasteiger charge is 2.13. The van der Waals surface area contributed by atoms with Gasteiger partial charge in [-0.15, -0.1) is 0 Å². The van der Waals surface area contributed by atoms with E-state index in [1.807, 2.05) is 6.07 Å². The molecule has 20 heavy (non-hydrogen) atoms. The molecule has 2 nitrogen and oxygen atoms in total. The first kappa shape index (κ1) is 14.9. The summed E-state index contributed by atoms with van der Waals surface area (Å²) in [6.45, 7) is 1.72. The number of hydrogen-bond acceptors (Lipinski definition) is 1. The van der Waals surface area contributed by atoms with E-state index in [-0.39, 0.29) is 5.91 Å². The topological polar surface area (TPSA) is 29.1 Å². The van der Waals surface area contributed by atoms with Gasteiger partial charge in [-0.3, -0.25) is 4.79 Å². The Hall–Kier alpha value is -1.50. The summed E-state index contributed by atoms with van der Waals surface area (Å²) in [5, 5.41) is 2.75. The maximum Gasteiger partial charge on any atom is 0.251 e. The standard InChI is InChI=1S/C15H12F2INO/c1-9(10-5-6-13(16)14(17)8-10)19-15(20)11-3-2-4-12(18)7-11/h2-9H,1H3,(H,19,20). The maximum atomic E-state index is 13.2. The summed E-state index contributed by atoms with van der Waals surface area (Å²) >= 11 is 2.12. The van der Waals surface area contributed by atoms with Crippen molar-refractivity contribution >= 4 is 28.5 Å². The molecule has 1 N–H and O–H groups in total. The summed E-state index contributed by atoms with van der Waals surface area (Å²) in [6.07, 6.45) is 0. The highest BCUT2D eigenvalue weighted by Crippen LogP contribution is 2.17. The molecule has 0 saturated heterocycles. The zero-order valence-electron chi connectivity index (χ0n) is 10.7. The van der Waals surface area contributed by atoms with Crippen LogP contribution in [-0.2, 0) is 0 Å². The molecule has 0 radical (unpaired) electrons. The molecule has 0 heterocycles. The van der Waals surface area contributed by atoms with Crippen LogP contribution in [0.2, 0.25) is 0 Å². The van der Waals surface area contributed by atoms with Crippen molar-refractivity contribution in [1.82, 2.24) is 5.32 Å². The van der Waals surface area contributed by atoms with Gasteiger partial charge in [0.05, 0.1) is 6.04 Å².